The van der Waals surface area contributed by atoms with E-state index >= 15 is 0 Å². The Kier molecular flexibility index (Phi) is 12.2. The van der Waals surface area contributed by atoms with E-state index in [1.807, 2.05) is 30.3 Å². The van der Waals surface area contributed by atoms with Crippen molar-refractivity contribution in [1.29, 1.82) is 0 Å². The van der Waals surface area contributed by atoms with Crippen LogP contribution in [0.1, 0.15) is 0 Å². The quantitative estimate of drug-likeness (QED) is 0.221. The van der Waals surface area contributed by atoms with Crippen molar-refractivity contribution in [2.24, 2.45) is 0 Å². The number of aromatic amines is 1. The van der Waals surface area contributed by atoms with Crippen LogP contribution in [0.3, 0.4) is 0 Å². The second-order valence-corrected chi connectivity index (χ2v) is 7.36. The number of hydrogen-bond acceptors (Lipinski definition) is 10. The minimum atomic E-state index is -1.05. The lowest BCUT2D eigenvalue weighted by Gasteiger charge is -2.06. The number of rotatable bonds is 7. The highest BCUT2D eigenvalue weighted by Crippen LogP contribution is 2.41. The van der Waals surface area contributed by atoms with Gasteiger partial charge < -0.3 is 34.7 Å². The van der Waals surface area contributed by atoms with Gasteiger partial charge in [-0.25, -0.2) is 4.98 Å². The molecule has 3 aromatic rings. The average molecular weight is 459 g/mol. The van der Waals surface area contributed by atoms with Crippen molar-refractivity contribution in [3.8, 4) is 11.4 Å². The lowest BCUT2D eigenvalue weighted by molar-refractivity contribution is 0.200. The maximum atomic E-state index is 11.9. The van der Waals surface area contributed by atoms with Crippen LogP contribution < -0.4 is 11.3 Å². The number of aromatic nitrogens is 4. The number of fused-ring (bicyclic) bond motifs is 1. The number of nitrogen functional groups attached to an aromatic ring is 1. The van der Waals surface area contributed by atoms with Crippen molar-refractivity contribution in [3.63, 3.8) is 0 Å². The van der Waals surface area contributed by atoms with Crippen LogP contribution >= 0.6 is 19.8 Å². The third-order valence-corrected chi connectivity index (χ3v) is 4.98. The molecular formula is C17H26N5O6PS. The maximum absolute atomic E-state index is 11.9. The number of nitrogens with two attached hydrogens (primary N) is 1. The Bertz CT molecular complexity index is 940. The fourth-order valence-corrected chi connectivity index (χ4v) is 2.91. The fourth-order valence-electron chi connectivity index (χ4n) is 2.32. The number of aliphatic hydroxyl groups is 3. The molecule has 1 atom stereocenters. The van der Waals surface area contributed by atoms with Crippen molar-refractivity contribution in [2.75, 3.05) is 39.8 Å². The average Bonchev–Trinajstić information content (AvgIpc) is 3.13. The van der Waals surface area contributed by atoms with Gasteiger partial charge in [-0.15, -0.1) is 0 Å². The molecule has 0 bridgehead atoms. The molecule has 2 aromatic heterocycles. The van der Waals surface area contributed by atoms with Crippen molar-refractivity contribution >= 4 is 36.9 Å². The molecule has 1 aromatic carbocycles. The molecule has 6 N–H and O–H groups in total. The van der Waals surface area contributed by atoms with E-state index in [-0.39, 0.29) is 36.8 Å². The summed E-state index contributed by atoms with van der Waals surface area (Å²) in [5, 5.41) is 24.4. The second-order valence-electron chi connectivity index (χ2n) is 5.28. The molecule has 0 aliphatic heterocycles. The summed E-state index contributed by atoms with van der Waals surface area (Å²) < 4.78 is 11.1. The summed E-state index contributed by atoms with van der Waals surface area (Å²) in [6.45, 7) is 0.516. The van der Waals surface area contributed by atoms with Crippen molar-refractivity contribution in [2.45, 2.75) is 6.54 Å². The number of imidazole rings is 1. The number of nitrogens with zero attached hydrogens (tertiary/aromatic N) is 3. The first-order chi connectivity index (χ1) is 14.5. The minimum absolute atomic E-state index is 0.0166. The smallest absolute Gasteiger partial charge is 0.280 e. The Morgan fingerprint density at radius 3 is 2.43 bits per heavy atom. The van der Waals surface area contributed by atoms with E-state index in [2.05, 4.69) is 31.7 Å². The van der Waals surface area contributed by atoms with Crippen LogP contribution in [-0.2, 0) is 15.6 Å². The zero-order valence-corrected chi connectivity index (χ0v) is 18.4. The molecule has 1 unspecified atom stereocenters. The number of anilines is 1. The van der Waals surface area contributed by atoms with Gasteiger partial charge in [0.2, 0.25) is 13.5 Å². The summed E-state index contributed by atoms with van der Waals surface area (Å²) in [5.41, 5.74) is 6.61. The van der Waals surface area contributed by atoms with E-state index in [9.17, 15) is 9.90 Å². The third-order valence-electron chi connectivity index (χ3n) is 3.43. The molecule has 0 fully saturated rings. The standard InChI is InChI=1S/C13H13N5O2.C3H9O3PS.CH4O/c14-13-16-11-9(12(20)17-13)15-10(18(11)6-7-19)8-4-2-1-3-5-8;1-5-7(8)6-3-2-4;1-2/h1-5,19H,6-7H2,(H3,14,16,17,20);4,8H,2-3H2,1H3;2H,1H3. The Morgan fingerprint density at radius 1 is 1.20 bits per heavy atom. The SMILES string of the molecule is CO.COP(S)OCCO.Nc1nc2c(nc(-c3ccccc3)n2CCO)c(=O)[nH]1. The normalized spacial score (nSPS) is 11.3. The van der Waals surface area contributed by atoms with E-state index in [1.165, 1.54) is 7.11 Å². The van der Waals surface area contributed by atoms with Crippen LogP contribution in [0.4, 0.5) is 5.95 Å². The highest BCUT2D eigenvalue weighted by Gasteiger charge is 2.16. The summed E-state index contributed by atoms with van der Waals surface area (Å²) >= 11 is 3.87. The highest BCUT2D eigenvalue weighted by molar-refractivity contribution is 8.41. The Morgan fingerprint density at radius 2 is 1.87 bits per heavy atom. The van der Waals surface area contributed by atoms with Gasteiger partial charge in [-0.05, 0) is 0 Å². The number of hydrogen-bond donors (Lipinski definition) is 6. The van der Waals surface area contributed by atoms with E-state index in [4.69, 9.17) is 20.5 Å². The first-order valence-electron chi connectivity index (χ1n) is 8.65. The topological polar surface area (TPSA) is 169 Å². The van der Waals surface area contributed by atoms with E-state index < -0.39 is 7.58 Å². The molecular weight excluding hydrogens is 433 g/mol. The summed E-state index contributed by atoms with van der Waals surface area (Å²) in [6, 6.07) is 9.42. The van der Waals surface area contributed by atoms with Crippen LogP contribution in [0.25, 0.3) is 22.6 Å². The molecule has 0 aliphatic rings. The molecule has 166 valence electrons. The molecule has 0 saturated carbocycles. The van der Waals surface area contributed by atoms with E-state index in [1.54, 1.807) is 4.57 Å². The van der Waals surface area contributed by atoms with Gasteiger partial charge in [0.15, 0.2) is 11.2 Å². The number of benzene rings is 1. The number of H-pyrrole nitrogens is 1. The van der Waals surface area contributed by atoms with Gasteiger partial charge in [0, 0.05) is 26.3 Å². The number of nitrogens with one attached hydrogen (secondary N) is 1. The molecule has 30 heavy (non-hydrogen) atoms. The molecule has 0 saturated heterocycles. The molecule has 3 rings (SSSR count). The minimum Gasteiger partial charge on any atom is -0.400 e. The zero-order valence-electron chi connectivity index (χ0n) is 16.6. The Balaban J connectivity index is 0.000000383. The fraction of sp³-hybridized carbons (Fsp3) is 0.353. The molecule has 13 heteroatoms. The second kappa shape index (κ2) is 14.0. The molecule has 2 heterocycles. The van der Waals surface area contributed by atoms with E-state index in [0.29, 0.717) is 18.1 Å². The predicted octanol–water partition coefficient (Wildman–Crippen LogP) is 0.768. The first-order valence-corrected chi connectivity index (χ1v) is 11.0. The van der Waals surface area contributed by atoms with Crippen LogP contribution in [0, 0.1) is 0 Å². The number of aliphatic hydroxyl groups excluding tert-OH is 3. The van der Waals surface area contributed by atoms with Gasteiger partial charge in [-0.3, -0.25) is 9.78 Å². The first kappa shape index (κ1) is 26.0. The van der Waals surface area contributed by atoms with Gasteiger partial charge in [0.1, 0.15) is 5.82 Å². The maximum Gasteiger partial charge on any atom is 0.280 e. The van der Waals surface area contributed by atoms with Gasteiger partial charge in [-0.1, -0.05) is 42.6 Å². The third kappa shape index (κ3) is 7.33. The van der Waals surface area contributed by atoms with Crippen LogP contribution in [0.2, 0.25) is 0 Å². The summed E-state index contributed by atoms with van der Waals surface area (Å²) in [6.07, 6.45) is 0. The predicted molar refractivity (Wildman–Crippen MR) is 119 cm³/mol. The Labute approximate surface area is 179 Å². The summed E-state index contributed by atoms with van der Waals surface area (Å²) in [7, 11) is 1.46. The van der Waals surface area contributed by atoms with Crippen molar-refractivity contribution in [1.82, 2.24) is 19.5 Å². The largest absolute Gasteiger partial charge is 0.400 e. The lowest BCUT2D eigenvalue weighted by atomic mass is 10.2. The van der Waals surface area contributed by atoms with Crippen LogP contribution in [0.15, 0.2) is 35.1 Å². The molecule has 0 spiro atoms. The molecule has 0 aliphatic carbocycles. The highest BCUT2D eigenvalue weighted by atomic mass is 32.7. The number of thiol groups is 1. The zero-order chi connectivity index (χ0) is 22.5. The van der Waals surface area contributed by atoms with Crippen molar-refractivity contribution < 1.29 is 24.4 Å². The van der Waals surface area contributed by atoms with Gasteiger partial charge in [-0.2, -0.15) is 4.98 Å². The van der Waals surface area contributed by atoms with Gasteiger partial charge >= 0.3 is 0 Å². The van der Waals surface area contributed by atoms with Crippen LogP contribution in [0.5, 0.6) is 0 Å². The van der Waals surface area contributed by atoms with Gasteiger partial charge in [0.25, 0.3) is 5.56 Å². The molecule has 0 radical (unpaired) electrons. The summed E-state index contributed by atoms with van der Waals surface area (Å²) in [5.74, 6) is 0.611. The monoisotopic (exact) mass is 459 g/mol. The van der Waals surface area contributed by atoms with E-state index in [0.717, 1.165) is 12.7 Å². The Hall–Kier alpha value is -2.05. The lowest BCUT2D eigenvalue weighted by Crippen LogP contribution is -2.12. The molecule has 11 nitrogen and oxygen atoms in total. The summed E-state index contributed by atoms with van der Waals surface area (Å²) in [4.78, 5) is 22.8. The van der Waals surface area contributed by atoms with Gasteiger partial charge in [0.05, 0.1) is 19.8 Å². The molecule has 0 amide bonds. The van der Waals surface area contributed by atoms with Crippen molar-refractivity contribution in [3.05, 3.63) is 40.7 Å². The van der Waals surface area contributed by atoms with Crippen LogP contribution in [-0.4, -0.2) is 68.9 Å².